The van der Waals surface area contributed by atoms with E-state index in [1.807, 2.05) is 36.4 Å². The molecule has 0 heterocycles. The summed E-state index contributed by atoms with van der Waals surface area (Å²) in [6, 6.07) is 18.7. The van der Waals surface area contributed by atoms with Crippen LogP contribution in [0.5, 0.6) is 11.5 Å². The lowest BCUT2D eigenvalue weighted by Gasteiger charge is -2.13. The summed E-state index contributed by atoms with van der Waals surface area (Å²) in [7, 11) is 1.57. The molecule has 0 aliphatic rings. The highest BCUT2D eigenvalue weighted by Crippen LogP contribution is 2.34. The molecule has 0 saturated carbocycles. The number of halogens is 2. The monoisotopic (exact) mass is 504 g/mol. The van der Waals surface area contributed by atoms with Gasteiger partial charge in [-0.2, -0.15) is 5.10 Å². The molecule has 0 aromatic heterocycles. The van der Waals surface area contributed by atoms with Crippen LogP contribution >= 0.6 is 22.6 Å². The molecule has 3 aromatic rings. The number of methoxy groups -OCH3 is 1. The summed E-state index contributed by atoms with van der Waals surface area (Å²) in [5.41, 5.74) is 4.53. The second kappa shape index (κ2) is 10.0. The van der Waals surface area contributed by atoms with E-state index in [0.29, 0.717) is 23.7 Å². The molecule has 0 bridgehead atoms. The molecule has 148 valence electrons. The number of benzene rings is 3. The van der Waals surface area contributed by atoms with E-state index in [1.165, 1.54) is 30.5 Å². The van der Waals surface area contributed by atoms with Gasteiger partial charge in [-0.1, -0.05) is 30.3 Å². The van der Waals surface area contributed by atoms with Gasteiger partial charge in [-0.15, -0.1) is 0 Å². The molecule has 7 heteroatoms. The fraction of sp³-hybridized carbons (Fsp3) is 0.0909. The second-order valence-corrected chi connectivity index (χ2v) is 7.18. The molecule has 0 aliphatic heterocycles. The minimum Gasteiger partial charge on any atom is -0.493 e. The zero-order chi connectivity index (χ0) is 20.6. The van der Waals surface area contributed by atoms with Crippen LogP contribution in [-0.2, 0) is 6.61 Å². The normalized spacial score (nSPS) is 10.7. The predicted octanol–water partition coefficient (Wildman–Crippen LogP) is 4.78. The summed E-state index contributed by atoms with van der Waals surface area (Å²) in [5.74, 6) is 0.385. The zero-order valence-corrected chi connectivity index (χ0v) is 17.7. The average molecular weight is 504 g/mol. The standard InChI is InChI=1S/C22H18FIN2O3/c1-28-20-12-16(13-25-26-22(27)17-7-9-18(23)10-8-17)11-19(24)21(20)29-14-15-5-3-2-4-6-15/h2-13H,14H2,1H3,(H,26,27)/b25-13-. The van der Waals surface area contributed by atoms with Gasteiger partial charge in [-0.25, -0.2) is 9.82 Å². The fourth-order valence-corrected chi connectivity index (χ4v) is 3.30. The van der Waals surface area contributed by atoms with Gasteiger partial charge in [0.15, 0.2) is 11.5 Å². The van der Waals surface area contributed by atoms with E-state index in [0.717, 1.165) is 14.7 Å². The first-order valence-corrected chi connectivity index (χ1v) is 9.78. The van der Waals surface area contributed by atoms with Crippen molar-refractivity contribution in [1.29, 1.82) is 0 Å². The van der Waals surface area contributed by atoms with Gasteiger partial charge in [-0.05, 0) is 70.1 Å². The molecule has 3 aromatic carbocycles. The number of hydrazone groups is 1. The van der Waals surface area contributed by atoms with Crippen molar-refractivity contribution in [3.63, 3.8) is 0 Å². The van der Waals surface area contributed by atoms with Crippen LogP contribution in [0.2, 0.25) is 0 Å². The molecule has 1 amide bonds. The van der Waals surface area contributed by atoms with Gasteiger partial charge < -0.3 is 9.47 Å². The van der Waals surface area contributed by atoms with Crippen LogP contribution in [0, 0.1) is 9.39 Å². The molecule has 0 fully saturated rings. The smallest absolute Gasteiger partial charge is 0.271 e. The molecular weight excluding hydrogens is 486 g/mol. The van der Waals surface area contributed by atoms with Crippen molar-refractivity contribution in [2.75, 3.05) is 7.11 Å². The van der Waals surface area contributed by atoms with Crippen LogP contribution in [0.3, 0.4) is 0 Å². The Morgan fingerprint density at radius 3 is 2.55 bits per heavy atom. The Balaban J connectivity index is 1.68. The van der Waals surface area contributed by atoms with E-state index in [-0.39, 0.29) is 0 Å². The number of carbonyl (C=O) groups excluding carboxylic acids is 1. The third-order valence-electron chi connectivity index (χ3n) is 3.96. The lowest BCUT2D eigenvalue weighted by molar-refractivity contribution is 0.0955. The van der Waals surface area contributed by atoms with Crippen molar-refractivity contribution in [3.8, 4) is 11.5 Å². The third-order valence-corrected chi connectivity index (χ3v) is 4.77. The number of amides is 1. The van der Waals surface area contributed by atoms with Gasteiger partial charge in [0.25, 0.3) is 5.91 Å². The van der Waals surface area contributed by atoms with Crippen molar-refractivity contribution in [1.82, 2.24) is 5.43 Å². The van der Waals surface area contributed by atoms with Crippen LogP contribution in [-0.4, -0.2) is 19.2 Å². The van der Waals surface area contributed by atoms with E-state index in [4.69, 9.17) is 9.47 Å². The summed E-state index contributed by atoms with van der Waals surface area (Å²) in [6.45, 7) is 0.425. The van der Waals surface area contributed by atoms with Gasteiger partial charge >= 0.3 is 0 Å². The van der Waals surface area contributed by atoms with E-state index in [9.17, 15) is 9.18 Å². The number of nitrogens with zero attached hydrogens (tertiary/aromatic N) is 1. The molecule has 0 saturated heterocycles. The van der Waals surface area contributed by atoms with Crippen molar-refractivity contribution in [2.45, 2.75) is 6.61 Å². The highest BCUT2D eigenvalue weighted by molar-refractivity contribution is 14.1. The van der Waals surface area contributed by atoms with Gasteiger partial charge in [-0.3, -0.25) is 4.79 Å². The van der Waals surface area contributed by atoms with E-state index in [2.05, 4.69) is 33.1 Å². The van der Waals surface area contributed by atoms with Crippen molar-refractivity contribution >= 4 is 34.7 Å². The summed E-state index contributed by atoms with van der Waals surface area (Å²) in [6.07, 6.45) is 1.51. The maximum atomic E-state index is 12.9. The van der Waals surface area contributed by atoms with Gasteiger partial charge in [0.05, 0.1) is 16.9 Å². The van der Waals surface area contributed by atoms with Gasteiger partial charge in [0, 0.05) is 5.56 Å². The quantitative estimate of drug-likeness (QED) is 0.286. The molecule has 0 radical (unpaired) electrons. The summed E-state index contributed by atoms with van der Waals surface area (Å²) < 4.78 is 25.2. The number of hydrogen-bond donors (Lipinski definition) is 1. The molecule has 3 rings (SSSR count). The summed E-state index contributed by atoms with van der Waals surface area (Å²) in [5, 5.41) is 3.96. The van der Waals surface area contributed by atoms with Gasteiger partial charge in [0.1, 0.15) is 12.4 Å². The Bertz CT molecular complexity index is 1010. The minimum atomic E-state index is -0.425. The Morgan fingerprint density at radius 2 is 1.86 bits per heavy atom. The Kier molecular flexibility index (Phi) is 7.18. The first kappa shape index (κ1) is 20.8. The third kappa shape index (κ3) is 5.77. The Labute approximate surface area is 181 Å². The van der Waals surface area contributed by atoms with Crippen LogP contribution < -0.4 is 14.9 Å². The minimum absolute atomic E-state index is 0.320. The molecule has 5 nitrogen and oxygen atoms in total. The molecule has 0 aliphatic carbocycles. The average Bonchev–Trinajstić information content (AvgIpc) is 2.73. The number of rotatable bonds is 7. The highest BCUT2D eigenvalue weighted by atomic mass is 127. The summed E-state index contributed by atoms with van der Waals surface area (Å²) >= 11 is 2.17. The lowest BCUT2D eigenvalue weighted by Crippen LogP contribution is -2.17. The number of nitrogens with one attached hydrogen (secondary N) is 1. The van der Waals surface area contributed by atoms with E-state index >= 15 is 0 Å². The molecular formula is C22H18FIN2O3. The summed E-state index contributed by atoms with van der Waals surface area (Å²) in [4.78, 5) is 12.0. The topological polar surface area (TPSA) is 59.9 Å². The van der Waals surface area contributed by atoms with Gasteiger partial charge in [0.2, 0.25) is 0 Å². The highest BCUT2D eigenvalue weighted by Gasteiger charge is 2.12. The van der Waals surface area contributed by atoms with Crippen molar-refractivity contribution in [3.05, 3.63) is 92.8 Å². The van der Waals surface area contributed by atoms with Crippen LogP contribution in [0.15, 0.2) is 71.8 Å². The van der Waals surface area contributed by atoms with E-state index < -0.39 is 11.7 Å². The molecule has 1 N–H and O–H groups in total. The number of ether oxygens (including phenoxy) is 2. The maximum Gasteiger partial charge on any atom is 0.271 e. The first-order valence-electron chi connectivity index (χ1n) is 8.70. The van der Waals surface area contributed by atoms with Crippen molar-refractivity contribution < 1.29 is 18.7 Å². The SMILES string of the molecule is COc1cc(/C=N\NC(=O)c2ccc(F)cc2)cc(I)c1OCc1ccccc1. The van der Waals surface area contributed by atoms with Crippen LogP contribution in [0.25, 0.3) is 0 Å². The molecule has 0 spiro atoms. The Morgan fingerprint density at radius 1 is 1.14 bits per heavy atom. The van der Waals surface area contributed by atoms with Crippen LogP contribution in [0.4, 0.5) is 4.39 Å². The van der Waals surface area contributed by atoms with Crippen molar-refractivity contribution in [2.24, 2.45) is 5.10 Å². The molecule has 0 atom stereocenters. The molecule has 29 heavy (non-hydrogen) atoms. The van der Waals surface area contributed by atoms with E-state index in [1.54, 1.807) is 13.2 Å². The first-order chi connectivity index (χ1) is 14.1. The number of carbonyl (C=O) groups is 1. The maximum absolute atomic E-state index is 12.9. The fourth-order valence-electron chi connectivity index (χ4n) is 2.52. The lowest BCUT2D eigenvalue weighted by atomic mass is 10.2. The number of hydrogen-bond acceptors (Lipinski definition) is 4. The van der Waals surface area contributed by atoms with Crippen LogP contribution in [0.1, 0.15) is 21.5 Å². The predicted molar refractivity (Wildman–Crippen MR) is 118 cm³/mol. The largest absolute Gasteiger partial charge is 0.493 e. The molecule has 0 unspecified atom stereocenters. The second-order valence-electron chi connectivity index (χ2n) is 6.01. The zero-order valence-electron chi connectivity index (χ0n) is 15.6. The Hall–Kier alpha value is -2.94.